The first-order chi connectivity index (χ1) is 18.4. The third-order valence-electron chi connectivity index (χ3n) is 8.21. The topological polar surface area (TPSA) is 84.3 Å². The third kappa shape index (κ3) is 5.52. The molecule has 1 amide bonds. The highest BCUT2D eigenvalue weighted by atomic mass is 32.2. The largest absolute Gasteiger partial charge is 0.352 e. The lowest BCUT2D eigenvalue weighted by atomic mass is 9.93. The molecule has 8 heteroatoms. The van der Waals surface area contributed by atoms with E-state index in [-0.39, 0.29) is 11.8 Å². The van der Waals surface area contributed by atoms with E-state index in [1.165, 1.54) is 19.3 Å². The van der Waals surface area contributed by atoms with E-state index in [1.807, 2.05) is 31.2 Å². The van der Waals surface area contributed by atoms with Crippen molar-refractivity contribution in [3.63, 3.8) is 0 Å². The molecule has 1 saturated carbocycles. The van der Waals surface area contributed by atoms with Gasteiger partial charge in [0.2, 0.25) is 10.0 Å². The summed E-state index contributed by atoms with van der Waals surface area (Å²) in [6, 6.07) is 13.4. The zero-order valence-electron chi connectivity index (χ0n) is 22.7. The molecule has 0 radical (unpaired) electrons. The van der Waals surface area contributed by atoms with Crippen LogP contribution >= 0.6 is 0 Å². The second-order valence-electron chi connectivity index (χ2n) is 10.9. The minimum atomic E-state index is -3.50. The van der Waals surface area contributed by atoms with Crippen LogP contribution in [0.5, 0.6) is 0 Å². The molecule has 7 nitrogen and oxygen atoms in total. The minimum Gasteiger partial charge on any atom is -0.352 e. The Labute approximate surface area is 226 Å². The molecule has 38 heavy (non-hydrogen) atoms. The van der Waals surface area contributed by atoms with E-state index >= 15 is 0 Å². The molecule has 1 aliphatic carbocycles. The highest BCUT2D eigenvalue weighted by molar-refractivity contribution is 7.89. The number of unbranched alkanes of at least 4 members (excludes halogenated alkanes) is 1. The number of carbonyl (C=O) groups is 1. The van der Waals surface area contributed by atoms with Crippen LogP contribution in [-0.4, -0.2) is 47.8 Å². The van der Waals surface area contributed by atoms with Crippen LogP contribution in [0.4, 0.5) is 0 Å². The number of nitrogens with one attached hydrogen (secondary N) is 1. The van der Waals surface area contributed by atoms with Gasteiger partial charge in [0.05, 0.1) is 15.9 Å². The maximum absolute atomic E-state index is 13.3. The van der Waals surface area contributed by atoms with E-state index in [1.54, 1.807) is 16.4 Å². The van der Waals surface area contributed by atoms with Crippen LogP contribution in [0, 0.1) is 6.92 Å². The Morgan fingerprint density at radius 3 is 2.39 bits per heavy atom. The minimum absolute atomic E-state index is 0.0521. The number of imidazole rings is 1. The van der Waals surface area contributed by atoms with Gasteiger partial charge in [-0.05, 0) is 69.4 Å². The maximum atomic E-state index is 13.3. The normalized spacial score (nSPS) is 18.2. The summed E-state index contributed by atoms with van der Waals surface area (Å²) in [7, 11) is -3.50. The average Bonchev–Trinajstić information content (AvgIpc) is 3.33. The Balaban J connectivity index is 1.40. The van der Waals surface area contributed by atoms with Gasteiger partial charge in [0, 0.05) is 37.2 Å². The van der Waals surface area contributed by atoms with Crippen molar-refractivity contribution in [3.8, 4) is 0 Å². The van der Waals surface area contributed by atoms with Crippen molar-refractivity contribution in [2.45, 2.75) is 88.5 Å². The van der Waals surface area contributed by atoms with Gasteiger partial charge in [0.25, 0.3) is 5.91 Å². The lowest BCUT2D eigenvalue weighted by Crippen LogP contribution is -2.38. The third-order valence-corrected chi connectivity index (χ3v) is 10.1. The smallest absolute Gasteiger partial charge is 0.251 e. The van der Waals surface area contributed by atoms with Crippen LogP contribution in [0.3, 0.4) is 0 Å². The van der Waals surface area contributed by atoms with Crippen LogP contribution in [0.15, 0.2) is 47.4 Å². The van der Waals surface area contributed by atoms with E-state index in [0.29, 0.717) is 36.1 Å². The summed E-state index contributed by atoms with van der Waals surface area (Å²) in [4.78, 5) is 18.2. The van der Waals surface area contributed by atoms with E-state index in [0.717, 1.165) is 60.9 Å². The Hall–Kier alpha value is -2.71. The van der Waals surface area contributed by atoms with E-state index in [9.17, 15) is 13.2 Å². The number of carbonyl (C=O) groups excluding carboxylic acids is 1. The van der Waals surface area contributed by atoms with Gasteiger partial charge in [0.1, 0.15) is 5.82 Å². The van der Waals surface area contributed by atoms with Gasteiger partial charge < -0.3 is 9.88 Å². The molecule has 2 aromatic carbocycles. The van der Waals surface area contributed by atoms with Gasteiger partial charge in [-0.3, -0.25) is 4.79 Å². The lowest BCUT2D eigenvalue weighted by molar-refractivity contribution is 0.0953. The quantitative estimate of drug-likeness (QED) is 0.361. The Kier molecular flexibility index (Phi) is 8.19. The van der Waals surface area contributed by atoms with Crippen molar-refractivity contribution in [2.24, 2.45) is 0 Å². The van der Waals surface area contributed by atoms with Crippen molar-refractivity contribution in [2.75, 3.05) is 19.6 Å². The molecular weight excluding hydrogens is 496 g/mol. The van der Waals surface area contributed by atoms with Gasteiger partial charge in [-0.15, -0.1) is 0 Å². The first kappa shape index (κ1) is 26.9. The summed E-state index contributed by atoms with van der Waals surface area (Å²) < 4.78 is 30.6. The number of hydrogen-bond acceptors (Lipinski definition) is 4. The van der Waals surface area contributed by atoms with E-state index < -0.39 is 10.0 Å². The maximum Gasteiger partial charge on any atom is 0.251 e. The van der Waals surface area contributed by atoms with Gasteiger partial charge in [0.15, 0.2) is 0 Å². The molecule has 5 rings (SSSR count). The molecule has 0 spiro atoms. The molecule has 2 fully saturated rings. The number of sulfonamides is 1. The molecule has 1 aromatic heterocycles. The van der Waals surface area contributed by atoms with Gasteiger partial charge in [-0.1, -0.05) is 50.3 Å². The summed E-state index contributed by atoms with van der Waals surface area (Å²) in [6.07, 6.45) is 9.47. The molecule has 204 valence electrons. The number of aromatic nitrogens is 2. The van der Waals surface area contributed by atoms with Crippen LogP contribution in [-0.2, 0) is 10.0 Å². The summed E-state index contributed by atoms with van der Waals surface area (Å²) in [5, 5.41) is 3.01. The van der Waals surface area contributed by atoms with E-state index in [2.05, 4.69) is 22.9 Å². The first-order valence-electron chi connectivity index (χ1n) is 14.3. The summed E-state index contributed by atoms with van der Waals surface area (Å²) in [6.45, 7) is 5.72. The average molecular weight is 537 g/mol. The molecule has 2 aliphatic rings. The molecule has 2 heterocycles. The van der Waals surface area contributed by atoms with E-state index in [4.69, 9.17) is 4.98 Å². The first-order valence-corrected chi connectivity index (χ1v) is 15.7. The second kappa shape index (κ2) is 11.6. The fourth-order valence-corrected chi connectivity index (χ4v) is 7.43. The lowest BCUT2D eigenvalue weighted by Gasteiger charge is -2.33. The standard InChI is InChI=1S/C30H40N4O3S/c1-3-4-18-31-30(35)24-12-15-28-27(21-24)32-29(34(28)25-8-6-5-7-9-25)23-16-19-33(20-17-23)38(36,37)26-13-10-22(2)11-14-26/h10-15,21,23,25H,3-9,16-20H2,1-2H3,(H,31,35). The Morgan fingerprint density at radius 1 is 1.00 bits per heavy atom. The molecule has 1 N–H and O–H groups in total. The molecule has 1 aliphatic heterocycles. The van der Waals surface area contributed by atoms with Crippen molar-refractivity contribution in [3.05, 3.63) is 59.4 Å². The highest BCUT2D eigenvalue weighted by Crippen LogP contribution is 2.38. The fraction of sp³-hybridized carbons (Fsp3) is 0.533. The number of amides is 1. The molecular formula is C30H40N4O3S. The number of fused-ring (bicyclic) bond motifs is 1. The van der Waals surface area contributed by atoms with Crippen molar-refractivity contribution in [1.82, 2.24) is 19.2 Å². The monoisotopic (exact) mass is 536 g/mol. The summed E-state index contributed by atoms with van der Waals surface area (Å²) in [5.74, 6) is 1.20. The second-order valence-corrected chi connectivity index (χ2v) is 12.9. The SMILES string of the molecule is CCCCNC(=O)c1ccc2c(c1)nc(C1CCN(S(=O)(=O)c3ccc(C)cc3)CC1)n2C1CCCCC1. The number of nitrogens with zero attached hydrogens (tertiary/aromatic N) is 3. The summed E-state index contributed by atoms with van der Waals surface area (Å²) in [5.41, 5.74) is 3.65. The van der Waals surface area contributed by atoms with Crippen molar-refractivity contribution < 1.29 is 13.2 Å². The molecule has 0 bridgehead atoms. The summed E-state index contributed by atoms with van der Waals surface area (Å²) >= 11 is 0. The number of piperidine rings is 1. The molecule has 3 aromatic rings. The van der Waals surface area contributed by atoms with Crippen molar-refractivity contribution in [1.29, 1.82) is 0 Å². The molecule has 0 unspecified atom stereocenters. The molecule has 0 atom stereocenters. The Bertz CT molecular complexity index is 1370. The van der Waals surface area contributed by atoms with Crippen LogP contribution in [0.1, 0.15) is 98.4 Å². The predicted molar refractivity (Wildman–Crippen MR) is 151 cm³/mol. The number of hydrogen-bond donors (Lipinski definition) is 1. The van der Waals surface area contributed by atoms with Crippen LogP contribution in [0.25, 0.3) is 11.0 Å². The Morgan fingerprint density at radius 2 is 1.71 bits per heavy atom. The highest BCUT2D eigenvalue weighted by Gasteiger charge is 2.33. The fourth-order valence-electron chi connectivity index (χ4n) is 5.96. The van der Waals surface area contributed by atoms with Crippen LogP contribution < -0.4 is 5.32 Å². The zero-order valence-corrected chi connectivity index (χ0v) is 23.5. The molecule has 1 saturated heterocycles. The number of rotatable bonds is 8. The van der Waals surface area contributed by atoms with Gasteiger partial charge >= 0.3 is 0 Å². The zero-order chi connectivity index (χ0) is 26.7. The van der Waals surface area contributed by atoms with Gasteiger partial charge in [-0.25, -0.2) is 13.4 Å². The number of aryl methyl sites for hydroxylation is 1. The van der Waals surface area contributed by atoms with Gasteiger partial charge in [-0.2, -0.15) is 4.31 Å². The van der Waals surface area contributed by atoms with Crippen molar-refractivity contribution >= 4 is 27.0 Å². The van der Waals surface area contributed by atoms with Crippen LogP contribution in [0.2, 0.25) is 0 Å². The number of benzene rings is 2. The predicted octanol–water partition coefficient (Wildman–Crippen LogP) is 5.95.